The van der Waals surface area contributed by atoms with E-state index in [1.807, 2.05) is 68.4 Å². The molecule has 1 amide bonds. The number of nitrogens with one attached hydrogen (secondary N) is 1. The third kappa shape index (κ3) is 4.71. The van der Waals surface area contributed by atoms with E-state index < -0.39 is 0 Å². The van der Waals surface area contributed by atoms with Crippen LogP contribution in [0.25, 0.3) is 17.1 Å². The first-order chi connectivity index (χ1) is 16.5. The predicted octanol–water partition coefficient (Wildman–Crippen LogP) is 5.77. The number of aromatic nitrogens is 3. The fraction of sp³-hybridized carbons (Fsp3) is 0.250. The van der Waals surface area contributed by atoms with Crippen molar-refractivity contribution in [3.8, 4) is 23.1 Å². The summed E-state index contributed by atoms with van der Waals surface area (Å²) in [6, 6.07) is 26.4. The van der Waals surface area contributed by atoms with Gasteiger partial charge in [0.15, 0.2) is 5.82 Å². The lowest BCUT2D eigenvalue weighted by Gasteiger charge is -2.09. The molecule has 0 aliphatic heterocycles. The minimum atomic E-state index is -0.0264. The molecule has 1 saturated carbocycles. The van der Waals surface area contributed by atoms with E-state index >= 15 is 0 Å². The van der Waals surface area contributed by atoms with Gasteiger partial charge in [0.05, 0.1) is 11.8 Å². The summed E-state index contributed by atoms with van der Waals surface area (Å²) in [5.74, 6) is 1.11. The molecule has 1 aromatic heterocycles. The van der Waals surface area contributed by atoms with Crippen molar-refractivity contribution in [2.24, 2.45) is 5.92 Å². The monoisotopic (exact) mass is 452 g/mol. The van der Waals surface area contributed by atoms with Crippen LogP contribution in [0.15, 0.2) is 78.9 Å². The number of amides is 1. The third-order valence-electron chi connectivity index (χ3n) is 5.97. The van der Waals surface area contributed by atoms with Crippen molar-refractivity contribution in [1.82, 2.24) is 14.8 Å². The average Bonchev–Trinajstić information content (AvgIpc) is 3.54. The Balaban J connectivity index is 1.34. The van der Waals surface area contributed by atoms with E-state index in [0.717, 1.165) is 23.4 Å². The summed E-state index contributed by atoms with van der Waals surface area (Å²) in [5, 5.41) is 7.64. The fourth-order valence-corrected chi connectivity index (χ4v) is 4.10. The second kappa shape index (κ2) is 9.14. The maximum atomic E-state index is 12.7. The molecule has 4 aromatic rings. The Bertz CT molecular complexity index is 1280. The molecule has 0 spiro atoms. The van der Waals surface area contributed by atoms with Crippen LogP contribution in [0.2, 0.25) is 0 Å². The van der Waals surface area contributed by atoms with E-state index in [0.29, 0.717) is 17.8 Å². The zero-order valence-corrected chi connectivity index (χ0v) is 19.6. The van der Waals surface area contributed by atoms with Crippen LogP contribution in [0.4, 0.5) is 5.69 Å². The summed E-state index contributed by atoms with van der Waals surface area (Å²) in [4.78, 5) is 17.4. The molecular formula is C28H28N4O2. The minimum Gasteiger partial charge on any atom is -0.460 e. The second-order valence-electron chi connectivity index (χ2n) is 9.06. The smallest absolute Gasteiger partial charge is 0.336 e. The van der Waals surface area contributed by atoms with E-state index in [1.165, 1.54) is 11.1 Å². The van der Waals surface area contributed by atoms with Crippen molar-refractivity contribution in [1.29, 1.82) is 0 Å². The van der Waals surface area contributed by atoms with Gasteiger partial charge in [0, 0.05) is 17.2 Å². The number of hydrogen-bond donors (Lipinski definition) is 1. The number of aryl methyl sites for hydroxylation is 1. The molecule has 34 heavy (non-hydrogen) atoms. The number of benzene rings is 3. The molecular weight excluding hydrogens is 424 g/mol. The van der Waals surface area contributed by atoms with Crippen molar-refractivity contribution in [2.75, 3.05) is 5.32 Å². The molecule has 1 aliphatic rings. The number of hydrogen-bond acceptors (Lipinski definition) is 4. The van der Waals surface area contributed by atoms with Gasteiger partial charge in [-0.2, -0.15) is 4.98 Å². The highest BCUT2D eigenvalue weighted by molar-refractivity contribution is 5.95. The Morgan fingerprint density at radius 2 is 1.71 bits per heavy atom. The van der Waals surface area contributed by atoms with E-state index in [4.69, 9.17) is 4.74 Å². The van der Waals surface area contributed by atoms with Crippen LogP contribution in [0, 0.1) is 12.8 Å². The molecule has 5 rings (SSSR count). The lowest BCUT2D eigenvalue weighted by atomic mass is 10.1. The molecule has 172 valence electrons. The summed E-state index contributed by atoms with van der Waals surface area (Å²) in [6.07, 6.45) is 0.868. The van der Waals surface area contributed by atoms with Gasteiger partial charge in [-0.05, 0) is 62.9 Å². The normalized spacial score (nSPS) is 16.9. The third-order valence-corrected chi connectivity index (χ3v) is 5.97. The molecule has 0 saturated heterocycles. The molecule has 0 bridgehead atoms. The Kier molecular flexibility index (Phi) is 5.88. The zero-order chi connectivity index (χ0) is 23.7. The van der Waals surface area contributed by atoms with E-state index in [-0.39, 0.29) is 17.9 Å². The highest BCUT2D eigenvalue weighted by atomic mass is 16.5. The van der Waals surface area contributed by atoms with Gasteiger partial charge in [-0.3, -0.25) is 4.79 Å². The molecule has 6 nitrogen and oxygen atoms in total. The SMILES string of the molecule is Cc1ccc(-c2nc(OC(C)C)nn2-c2ccc(NC(=O)[C@H]3C[C@H]3c3ccccc3)cc2)cc1. The van der Waals surface area contributed by atoms with Gasteiger partial charge in [-0.25, -0.2) is 4.68 Å². The number of carbonyl (C=O) groups is 1. The second-order valence-corrected chi connectivity index (χ2v) is 9.06. The maximum absolute atomic E-state index is 12.7. The van der Waals surface area contributed by atoms with Gasteiger partial charge >= 0.3 is 6.01 Å². The van der Waals surface area contributed by atoms with Crippen LogP contribution in [-0.4, -0.2) is 26.8 Å². The standard InChI is InChI=1S/C28H28N4O2/c1-18(2)34-28-30-26(21-11-9-19(3)10-12-21)32(31-28)23-15-13-22(14-16-23)29-27(33)25-17-24(25)20-7-5-4-6-8-20/h4-16,18,24-25H,17H2,1-3H3,(H,29,33)/t24-,25-/m0/s1. The highest BCUT2D eigenvalue weighted by Crippen LogP contribution is 2.47. The van der Waals surface area contributed by atoms with Crippen LogP contribution in [0.1, 0.15) is 37.3 Å². The van der Waals surface area contributed by atoms with E-state index in [1.54, 1.807) is 4.68 Å². The minimum absolute atomic E-state index is 0.0264. The lowest BCUT2D eigenvalue weighted by molar-refractivity contribution is -0.117. The summed E-state index contributed by atoms with van der Waals surface area (Å²) < 4.78 is 7.54. The van der Waals surface area contributed by atoms with Crippen molar-refractivity contribution < 1.29 is 9.53 Å². The van der Waals surface area contributed by atoms with E-state index in [2.05, 4.69) is 46.6 Å². The summed E-state index contributed by atoms with van der Waals surface area (Å²) in [5.41, 5.74) is 4.97. The topological polar surface area (TPSA) is 69.0 Å². The zero-order valence-electron chi connectivity index (χ0n) is 19.6. The number of anilines is 1. The summed E-state index contributed by atoms with van der Waals surface area (Å²) in [7, 11) is 0. The summed E-state index contributed by atoms with van der Waals surface area (Å²) in [6.45, 7) is 5.95. The number of ether oxygens (including phenoxy) is 1. The molecule has 0 unspecified atom stereocenters. The molecule has 2 atom stereocenters. The molecule has 1 N–H and O–H groups in total. The van der Waals surface area contributed by atoms with Crippen LogP contribution in [0.5, 0.6) is 6.01 Å². The van der Waals surface area contributed by atoms with Crippen LogP contribution >= 0.6 is 0 Å². The molecule has 1 fully saturated rings. The van der Waals surface area contributed by atoms with Gasteiger partial charge in [0.2, 0.25) is 5.91 Å². The van der Waals surface area contributed by atoms with Gasteiger partial charge < -0.3 is 10.1 Å². The Morgan fingerprint density at radius 1 is 1.00 bits per heavy atom. The Morgan fingerprint density at radius 3 is 2.38 bits per heavy atom. The number of rotatable bonds is 7. The molecule has 1 aliphatic carbocycles. The molecule has 0 radical (unpaired) electrons. The lowest BCUT2D eigenvalue weighted by Crippen LogP contribution is -2.14. The van der Waals surface area contributed by atoms with Gasteiger partial charge in [-0.1, -0.05) is 60.2 Å². The predicted molar refractivity (Wildman–Crippen MR) is 133 cm³/mol. The average molecular weight is 453 g/mol. The van der Waals surface area contributed by atoms with Crippen LogP contribution < -0.4 is 10.1 Å². The number of nitrogens with zero attached hydrogens (tertiary/aromatic N) is 3. The fourth-order valence-electron chi connectivity index (χ4n) is 4.10. The maximum Gasteiger partial charge on any atom is 0.336 e. The summed E-state index contributed by atoms with van der Waals surface area (Å²) >= 11 is 0. The van der Waals surface area contributed by atoms with E-state index in [9.17, 15) is 4.79 Å². The van der Waals surface area contributed by atoms with Crippen LogP contribution in [-0.2, 0) is 4.79 Å². The first-order valence-electron chi connectivity index (χ1n) is 11.6. The first-order valence-corrected chi connectivity index (χ1v) is 11.6. The Hall–Kier alpha value is -3.93. The van der Waals surface area contributed by atoms with Gasteiger partial charge in [0.1, 0.15) is 0 Å². The molecule has 3 aromatic carbocycles. The van der Waals surface area contributed by atoms with Crippen molar-refractivity contribution in [3.05, 3.63) is 90.0 Å². The van der Waals surface area contributed by atoms with Crippen LogP contribution in [0.3, 0.4) is 0 Å². The Labute approximate surface area is 199 Å². The quantitative estimate of drug-likeness (QED) is 0.386. The first kappa shape index (κ1) is 21.9. The van der Waals surface area contributed by atoms with Crippen molar-refractivity contribution >= 4 is 11.6 Å². The number of carbonyl (C=O) groups excluding carboxylic acids is 1. The van der Waals surface area contributed by atoms with Gasteiger partial charge in [0.25, 0.3) is 0 Å². The van der Waals surface area contributed by atoms with Gasteiger partial charge in [-0.15, -0.1) is 5.10 Å². The molecule has 6 heteroatoms. The largest absolute Gasteiger partial charge is 0.460 e. The van der Waals surface area contributed by atoms with Crippen molar-refractivity contribution in [3.63, 3.8) is 0 Å². The van der Waals surface area contributed by atoms with Crippen molar-refractivity contribution in [2.45, 2.75) is 39.2 Å². The molecule has 1 heterocycles. The highest BCUT2D eigenvalue weighted by Gasteiger charge is 2.43.